The van der Waals surface area contributed by atoms with E-state index < -0.39 is 6.10 Å². The van der Waals surface area contributed by atoms with Gasteiger partial charge in [0, 0.05) is 19.4 Å². The molecular weight excluding hydrogens is 885 g/mol. The Hall–Kier alpha value is -2.92. The fraction of sp³-hybridized carbons (Fsp3) is 0.761. The number of carbonyl (C=O) groups excluding carboxylic acids is 2. The third-order valence-corrected chi connectivity index (χ3v) is 13.4. The maximum absolute atomic E-state index is 12.9. The van der Waals surface area contributed by atoms with Crippen LogP contribution in [-0.2, 0) is 23.8 Å². The molecule has 0 fully saturated rings. The van der Waals surface area contributed by atoms with E-state index in [4.69, 9.17) is 14.2 Å². The van der Waals surface area contributed by atoms with E-state index in [1.165, 1.54) is 161 Å². The Morgan fingerprint density at radius 3 is 1.00 bits per heavy atom. The van der Waals surface area contributed by atoms with Gasteiger partial charge >= 0.3 is 11.9 Å². The average Bonchev–Trinajstić information content (AvgIpc) is 3.38. The Kier molecular flexibility index (Phi) is 59.8. The summed E-state index contributed by atoms with van der Waals surface area (Å²) in [5, 5.41) is 0. The van der Waals surface area contributed by atoms with Gasteiger partial charge in [-0.15, -0.1) is 0 Å². The lowest BCUT2D eigenvalue weighted by atomic mass is 10.0. The molecule has 1 atom stereocenters. The normalized spacial score (nSPS) is 12.8. The smallest absolute Gasteiger partial charge is 0.306 e. The zero-order chi connectivity index (χ0) is 52.0. The highest BCUT2D eigenvalue weighted by Gasteiger charge is 2.17. The second-order valence-corrected chi connectivity index (χ2v) is 20.6. The van der Waals surface area contributed by atoms with Crippen LogP contribution in [0.15, 0.2) is 85.1 Å². The molecule has 5 heteroatoms. The summed E-state index contributed by atoms with van der Waals surface area (Å²) in [6.45, 7) is 7.63. The molecule has 1 unspecified atom stereocenters. The standard InChI is InChI=1S/C67H118O5/c1-4-7-10-13-16-19-22-25-28-31-33-35-38-41-44-47-50-53-56-59-62-70-63-65(72-67(69)61-58-55-52-49-46-43-40-36-30-27-24-21-18-15-12-9-6-3)64-71-66(68)60-57-54-51-48-45-42-39-37-34-32-29-26-23-20-17-14-11-8-5-2/h8-9,11-12,17-18,20-21,26-27,29-30,34,37,65H,4-7,10,13-16,19,22-25,28,31-33,35-36,38-64H2,1-3H3/b11-8-,12-9-,20-17-,21-18-,29-26-,30-27-,37-34-. The minimum atomic E-state index is -0.551. The predicted molar refractivity (Wildman–Crippen MR) is 316 cm³/mol. The van der Waals surface area contributed by atoms with Crippen LogP contribution in [-0.4, -0.2) is 37.9 Å². The van der Waals surface area contributed by atoms with Gasteiger partial charge in [-0.05, 0) is 89.9 Å². The predicted octanol–water partition coefficient (Wildman–Crippen LogP) is 21.6. The number of esters is 2. The first-order chi connectivity index (χ1) is 35.6. The number of hydrogen-bond acceptors (Lipinski definition) is 5. The summed E-state index contributed by atoms with van der Waals surface area (Å²) in [5.41, 5.74) is 0. The van der Waals surface area contributed by atoms with E-state index in [1.807, 2.05) is 0 Å². The van der Waals surface area contributed by atoms with Crippen molar-refractivity contribution in [2.45, 2.75) is 309 Å². The Morgan fingerprint density at radius 2 is 0.625 bits per heavy atom. The number of carbonyl (C=O) groups is 2. The molecule has 416 valence electrons. The van der Waals surface area contributed by atoms with Crippen LogP contribution in [0.1, 0.15) is 303 Å². The maximum Gasteiger partial charge on any atom is 0.306 e. The lowest BCUT2D eigenvalue weighted by molar-refractivity contribution is -0.163. The van der Waals surface area contributed by atoms with Gasteiger partial charge in [0.25, 0.3) is 0 Å². The summed E-state index contributed by atoms with van der Waals surface area (Å²) >= 11 is 0. The lowest BCUT2D eigenvalue weighted by Crippen LogP contribution is -2.30. The molecule has 5 nitrogen and oxygen atoms in total. The number of allylic oxidation sites excluding steroid dienone is 14. The highest BCUT2D eigenvalue weighted by atomic mass is 16.6. The van der Waals surface area contributed by atoms with Gasteiger partial charge in [-0.25, -0.2) is 0 Å². The minimum absolute atomic E-state index is 0.0731. The van der Waals surface area contributed by atoms with Gasteiger partial charge in [0.2, 0.25) is 0 Å². The third kappa shape index (κ3) is 59.6. The third-order valence-electron chi connectivity index (χ3n) is 13.4. The highest BCUT2D eigenvalue weighted by Crippen LogP contribution is 2.16. The molecule has 72 heavy (non-hydrogen) atoms. The van der Waals surface area contributed by atoms with Crippen molar-refractivity contribution in [1.29, 1.82) is 0 Å². The topological polar surface area (TPSA) is 61.8 Å². The number of hydrogen-bond donors (Lipinski definition) is 0. The van der Waals surface area contributed by atoms with Crippen molar-refractivity contribution >= 4 is 11.9 Å². The van der Waals surface area contributed by atoms with Crippen LogP contribution >= 0.6 is 0 Å². The monoisotopic (exact) mass is 1000 g/mol. The molecule has 0 aromatic carbocycles. The number of ether oxygens (including phenoxy) is 3. The second kappa shape index (κ2) is 62.4. The summed E-state index contributed by atoms with van der Waals surface area (Å²) < 4.78 is 17.5. The van der Waals surface area contributed by atoms with Crippen molar-refractivity contribution in [2.24, 2.45) is 0 Å². The largest absolute Gasteiger partial charge is 0.462 e. The summed E-state index contributed by atoms with van der Waals surface area (Å²) in [6, 6.07) is 0. The fourth-order valence-corrected chi connectivity index (χ4v) is 8.87. The minimum Gasteiger partial charge on any atom is -0.462 e. The van der Waals surface area contributed by atoms with E-state index >= 15 is 0 Å². The molecule has 0 aliphatic rings. The molecule has 0 N–H and O–H groups in total. The quantitative estimate of drug-likeness (QED) is 0.0345. The Labute approximate surface area is 448 Å². The van der Waals surface area contributed by atoms with E-state index in [0.29, 0.717) is 19.4 Å². The molecule has 0 spiro atoms. The first kappa shape index (κ1) is 69.1. The van der Waals surface area contributed by atoms with Crippen molar-refractivity contribution in [3.05, 3.63) is 85.1 Å². The van der Waals surface area contributed by atoms with Gasteiger partial charge in [0.05, 0.1) is 6.61 Å². The molecule has 0 aliphatic heterocycles. The summed E-state index contributed by atoms with van der Waals surface area (Å²) in [6.07, 6.45) is 83.3. The van der Waals surface area contributed by atoms with Crippen LogP contribution in [0.2, 0.25) is 0 Å². The summed E-state index contributed by atoms with van der Waals surface area (Å²) in [7, 11) is 0. The molecule has 0 bridgehead atoms. The molecule has 0 aliphatic carbocycles. The van der Waals surface area contributed by atoms with Crippen LogP contribution in [0, 0.1) is 0 Å². The second-order valence-electron chi connectivity index (χ2n) is 20.6. The summed E-state index contributed by atoms with van der Waals surface area (Å²) in [4.78, 5) is 25.6. The van der Waals surface area contributed by atoms with Crippen LogP contribution in [0.3, 0.4) is 0 Å². The van der Waals surface area contributed by atoms with Gasteiger partial charge in [0.1, 0.15) is 6.61 Å². The zero-order valence-electron chi connectivity index (χ0n) is 47.9. The highest BCUT2D eigenvalue weighted by molar-refractivity contribution is 5.70. The number of unbranched alkanes of at least 4 members (excludes halogenated alkanes) is 32. The lowest BCUT2D eigenvalue weighted by Gasteiger charge is -2.18. The van der Waals surface area contributed by atoms with Crippen molar-refractivity contribution < 1.29 is 23.8 Å². The van der Waals surface area contributed by atoms with Gasteiger partial charge in [-0.1, -0.05) is 286 Å². The molecule has 0 aromatic heterocycles. The molecule has 0 rings (SSSR count). The van der Waals surface area contributed by atoms with Gasteiger partial charge in [-0.3, -0.25) is 9.59 Å². The van der Waals surface area contributed by atoms with Gasteiger partial charge in [0.15, 0.2) is 6.10 Å². The van der Waals surface area contributed by atoms with Crippen LogP contribution < -0.4 is 0 Å². The van der Waals surface area contributed by atoms with E-state index in [9.17, 15) is 9.59 Å². The zero-order valence-corrected chi connectivity index (χ0v) is 47.9. The van der Waals surface area contributed by atoms with E-state index in [-0.39, 0.29) is 25.2 Å². The van der Waals surface area contributed by atoms with Crippen molar-refractivity contribution in [3.8, 4) is 0 Å². The molecular formula is C67H118O5. The molecule has 0 amide bonds. The fourth-order valence-electron chi connectivity index (χ4n) is 8.87. The molecule has 0 saturated carbocycles. The van der Waals surface area contributed by atoms with E-state index in [2.05, 4.69) is 106 Å². The van der Waals surface area contributed by atoms with Crippen LogP contribution in [0.5, 0.6) is 0 Å². The van der Waals surface area contributed by atoms with Crippen LogP contribution in [0.25, 0.3) is 0 Å². The Bertz CT molecular complexity index is 1320. The molecule has 0 saturated heterocycles. The van der Waals surface area contributed by atoms with E-state index in [1.54, 1.807) is 0 Å². The Morgan fingerprint density at radius 1 is 0.319 bits per heavy atom. The van der Waals surface area contributed by atoms with Crippen LogP contribution in [0.4, 0.5) is 0 Å². The van der Waals surface area contributed by atoms with Gasteiger partial charge < -0.3 is 14.2 Å². The first-order valence-corrected chi connectivity index (χ1v) is 31.1. The van der Waals surface area contributed by atoms with Crippen molar-refractivity contribution in [2.75, 3.05) is 19.8 Å². The first-order valence-electron chi connectivity index (χ1n) is 31.1. The Balaban J connectivity index is 4.29. The molecule has 0 radical (unpaired) electrons. The molecule has 0 aromatic rings. The SMILES string of the molecule is CC/C=C\C/C=C\C/C=C\C/C=C\CCCCCCCCC(=O)OCC(COCCCCCCCCCCCCCCCCCCCCCC)OC(=O)CCCCCCCCC/C=C\C/C=C\C/C=C\CC. The van der Waals surface area contributed by atoms with Gasteiger partial charge in [-0.2, -0.15) is 0 Å². The van der Waals surface area contributed by atoms with Crippen molar-refractivity contribution in [1.82, 2.24) is 0 Å². The number of rotatable bonds is 57. The average molecular weight is 1000 g/mol. The van der Waals surface area contributed by atoms with Crippen molar-refractivity contribution in [3.63, 3.8) is 0 Å². The molecule has 0 heterocycles. The van der Waals surface area contributed by atoms with E-state index in [0.717, 1.165) is 109 Å². The maximum atomic E-state index is 12.9. The summed E-state index contributed by atoms with van der Waals surface area (Å²) in [5.74, 6) is -0.414.